The minimum Gasteiger partial charge on any atom is -0.497 e. The number of methoxy groups -OCH3 is 1. The number of ether oxygens (including phenoxy) is 1. The highest BCUT2D eigenvalue weighted by atomic mass is 35.5. The van der Waals surface area contributed by atoms with E-state index in [2.05, 4.69) is 10.2 Å². The molecule has 0 saturated heterocycles. The summed E-state index contributed by atoms with van der Waals surface area (Å²) in [5.41, 5.74) is 1.80. The van der Waals surface area contributed by atoms with Crippen LogP contribution in [0.1, 0.15) is 34.0 Å². The van der Waals surface area contributed by atoms with E-state index in [1.165, 1.54) is 33.6 Å². The Hall–Kier alpha value is -2.78. The number of aromatic amines is 2. The number of rotatable bonds is 6. The van der Waals surface area contributed by atoms with Crippen LogP contribution in [0.2, 0.25) is 30.1 Å². The zero-order valence-corrected chi connectivity index (χ0v) is 26.1. The summed E-state index contributed by atoms with van der Waals surface area (Å²) < 4.78 is 7.82. The number of nitrogens with zero attached hydrogens (tertiary/aromatic N) is 2. The van der Waals surface area contributed by atoms with E-state index in [-0.39, 0.29) is 31.5 Å². The van der Waals surface area contributed by atoms with Gasteiger partial charge in [0.2, 0.25) is 0 Å². The molecule has 0 saturated carbocycles. The minimum absolute atomic E-state index is 0.172. The number of aromatic nitrogens is 4. The van der Waals surface area contributed by atoms with Gasteiger partial charge in [0.15, 0.2) is 0 Å². The maximum atomic E-state index is 14.1. The molecule has 0 radical (unpaired) electrons. The van der Waals surface area contributed by atoms with Crippen LogP contribution in [0.5, 0.6) is 5.75 Å². The molecule has 0 aliphatic carbocycles. The van der Waals surface area contributed by atoms with Gasteiger partial charge in [0.1, 0.15) is 17.1 Å². The maximum Gasteiger partial charge on any atom is 0.275 e. The highest BCUT2D eigenvalue weighted by Gasteiger charge is 2.32. The minimum atomic E-state index is -0.828. The smallest absolute Gasteiger partial charge is 0.275 e. The Morgan fingerprint density at radius 3 is 1.37 bits per heavy atom. The van der Waals surface area contributed by atoms with Crippen molar-refractivity contribution in [1.82, 2.24) is 19.6 Å². The molecule has 212 valence electrons. The largest absolute Gasteiger partial charge is 0.497 e. The van der Waals surface area contributed by atoms with Gasteiger partial charge in [0.05, 0.1) is 38.3 Å². The van der Waals surface area contributed by atoms with Gasteiger partial charge in [-0.15, -0.1) is 0 Å². The van der Waals surface area contributed by atoms with Crippen molar-refractivity contribution in [1.29, 1.82) is 0 Å². The van der Waals surface area contributed by atoms with Crippen LogP contribution in [0.25, 0.3) is 11.4 Å². The molecule has 5 rings (SSSR count). The molecular formula is C28H20Cl6N4O3. The molecule has 0 atom stereocenters. The van der Waals surface area contributed by atoms with Gasteiger partial charge in [-0.1, -0.05) is 81.7 Å². The fourth-order valence-electron chi connectivity index (χ4n) is 4.88. The van der Waals surface area contributed by atoms with Gasteiger partial charge >= 0.3 is 0 Å². The van der Waals surface area contributed by atoms with Crippen LogP contribution in [-0.2, 0) is 0 Å². The van der Waals surface area contributed by atoms with E-state index in [0.29, 0.717) is 43.9 Å². The molecular weight excluding hydrogens is 653 g/mol. The maximum absolute atomic E-state index is 14.1. The third kappa shape index (κ3) is 5.31. The topological polar surface area (TPSA) is 84.8 Å². The van der Waals surface area contributed by atoms with E-state index >= 15 is 0 Å². The first-order valence-corrected chi connectivity index (χ1v) is 14.3. The summed E-state index contributed by atoms with van der Waals surface area (Å²) >= 11 is 38.0. The Bertz CT molecular complexity index is 1760. The Morgan fingerprint density at radius 1 is 0.659 bits per heavy atom. The van der Waals surface area contributed by atoms with Crippen molar-refractivity contribution in [3.05, 3.63) is 127 Å². The Kier molecular flexibility index (Phi) is 8.32. The fraction of sp³-hybridized carbons (Fsp3) is 0.143. The lowest BCUT2D eigenvalue weighted by molar-refractivity contribution is 0.414. The lowest BCUT2D eigenvalue weighted by atomic mass is 9.85. The van der Waals surface area contributed by atoms with Crippen molar-refractivity contribution in [2.24, 2.45) is 0 Å². The van der Waals surface area contributed by atoms with Crippen LogP contribution in [0, 0.1) is 13.8 Å². The molecule has 2 aromatic heterocycles. The van der Waals surface area contributed by atoms with Crippen molar-refractivity contribution in [3.8, 4) is 17.1 Å². The average molecular weight is 673 g/mol. The fourth-order valence-corrected chi connectivity index (χ4v) is 6.86. The zero-order valence-electron chi connectivity index (χ0n) is 21.6. The summed E-state index contributed by atoms with van der Waals surface area (Å²) in [5.74, 6) is -0.219. The molecule has 41 heavy (non-hydrogen) atoms. The quantitative estimate of drug-likeness (QED) is 0.190. The van der Waals surface area contributed by atoms with E-state index in [9.17, 15) is 9.59 Å². The first kappa shape index (κ1) is 29.7. The van der Waals surface area contributed by atoms with Crippen LogP contribution in [-0.4, -0.2) is 26.7 Å². The van der Waals surface area contributed by atoms with Crippen molar-refractivity contribution < 1.29 is 4.74 Å². The number of H-pyrrole nitrogens is 2. The first-order chi connectivity index (χ1) is 19.4. The summed E-state index contributed by atoms with van der Waals surface area (Å²) in [6, 6.07) is 13.0. The van der Waals surface area contributed by atoms with Gasteiger partial charge in [0.25, 0.3) is 11.1 Å². The zero-order chi connectivity index (χ0) is 29.7. The van der Waals surface area contributed by atoms with Gasteiger partial charge in [-0.2, -0.15) is 0 Å². The highest BCUT2D eigenvalue weighted by Crippen LogP contribution is 2.37. The predicted octanol–water partition coefficient (Wildman–Crippen LogP) is 8.37. The van der Waals surface area contributed by atoms with Crippen LogP contribution in [0.15, 0.2) is 58.1 Å². The van der Waals surface area contributed by atoms with E-state index in [4.69, 9.17) is 74.3 Å². The van der Waals surface area contributed by atoms with E-state index in [1.54, 1.807) is 45.2 Å². The van der Waals surface area contributed by atoms with E-state index < -0.39 is 17.0 Å². The molecule has 0 fully saturated rings. The molecule has 2 N–H and O–H groups in total. The molecule has 0 bridgehead atoms. The van der Waals surface area contributed by atoms with E-state index in [1.807, 2.05) is 0 Å². The number of aryl methyl sites for hydroxylation is 2. The highest BCUT2D eigenvalue weighted by molar-refractivity contribution is 6.41. The summed E-state index contributed by atoms with van der Waals surface area (Å²) in [5, 5.41) is 7.46. The molecule has 7 nitrogen and oxygen atoms in total. The van der Waals surface area contributed by atoms with Crippen molar-refractivity contribution >= 4 is 69.6 Å². The molecule has 13 heteroatoms. The lowest BCUT2D eigenvalue weighted by Crippen LogP contribution is -2.25. The number of halogens is 6. The average Bonchev–Trinajstić information content (AvgIpc) is 3.33. The van der Waals surface area contributed by atoms with Crippen molar-refractivity contribution in [2.45, 2.75) is 19.8 Å². The predicted molar refractivity (Wildman–Crippen MR) is 166 cm³/mol. The third-order valence-electron chi connectivity index (χ3n) is 6.67. The Morgan fingerprint density at radius 2 is 1.02 bits per heavy atom. The van der Waals surface area contributed by atoms with Gasteiger partial charge in [-0.3, -0.25) is 19.8 Å². The van der Waals surface area contributed by atoms with Crippen molar-refractivity contribution in [3.63, 3.8) is 0 Å². The van der Waals surface area contributed by atoms with Crippen LogP contribution >= 0.6 is 69.6 Å². The standard InChI is InChI=1S/C28H20Cl6N4O3/c1-12-22(27(39)37(35-12)25-18(31)8-15(29)9-19(25)32)24(14-4-6-17(41-3)7-5-14)23-13(2)36-38(28(23)40)26-20(33)10-16(30)11-21(26)34/h4-11,24,35-36H,1-3H3. The summed E-state index contributed by atoms with van der Waals surface area (Å²) in [6.45, 7) is 3.46. The van der Waals surface area contributed by atoms with Gasteiger partial charge < -0.3 is 4.74 Å². The number of nitrogens with one attached hydrogen (secondary N) is 2. The number of hydrogen-bond acceptors (Lipinski definition) is 3. The molecule has 2 heterocycles. The summed E-state index contributed by atoms with van der Waals surface area (Å²) in [4.78, 5) is 28.2. The molecule has 0 aliphatic heterocycles. The molecule has 3 aromatic carbocycles. The second-order valence-electron chi connectivity index (χ2n) is 9.22. The van der Waals surface area contributed by atoms with E-state index in [0.717, 1.165) is 0 Å². The van der Waals surface area contributed by atoms with Crippen LogP contribution in [0.3, 0.4) is 0 Å². The van der Waals surface area contributed by atoms with Gasteiger partial charge in [-0.05, 0) is 55.8 Å². The lowest BCUT2D eigenvalue weighted by Gasteiger charge is -2.16. The third-order valence-corrected chi connectivity index (χ3v) is 8.26. The molecule has 0 spiro atoms. The molecule has 0 amide bonds. The first-order valence-electron chi connectivity index (χ1n) is 12.0. The second kappa shape index (κ2) is 11.5. The second-order valence-corrected chi connectivity index (χ2v) is 11.7. The van der Waals surface area contributed by atoms with Gasteiger partial charge in [0, 0.05) is 27.4 Å². The van der Waals surface area contributed by atoms with Crippen LogP contribution in [0.4, 0.5) is 0 Å². The normalized spacial score (nSPS) is 11.5. The number of hydrogen-bond donors (Lipinski definition) is 2. The molecule has 0 aliphatic rings. The van der Waals surface area contributed by atoms with Crippen molar-refractivity contribution in [2.75, 3.05) is 7.11 Å². The summed E-state index contributed by atoms with van der Waals surface area (Å²) in [7, 11) is 1.55. The molecule has 5 aromatic rings. The summed E-state index contributed by atoms with van der Waals surface area (Å²) in [6.07, 6.45) is 0. The molecule has 0 unspecified atom stereocenters. The van der Waals surface area contributed by atoms with Crippen LogP contribution < -0.4 is 15.9 Å². The monoisotopic (exact) mass is 670 g/mol. The number of benzene rings is 3. The SMILES string of the molecule is COc1ccc(C(c2c(C)[nH]n(-c3c(Cl)cc(Cl)cc3Cl)c2=O)c2c(C)[nH]n(-c3c(Cl)cc(Cl)cc3Cl)c2=O)cc1. The Labute approximate surface area is 264 Å². The Balaban J connectivity index is 1.80. The van der Waals surface area contributed by atoms with Gasteiger partial charge in [-0.25, -0.2) is 9.36 Å².